The zero-order chi connectivity index (χ0) is 44.4. The number of piperidine rings is 1. The number of imide groups is 1. The van der Waals surface area contributed by atoms with E-state index in [1.807, 2.05) is 54.6 Å². The molecular formula is C49H48FN9O6. The largest absolute Gasteiger partial charge is 0.463 e. The van der Waals surface area contributed by atoms with Crippen LogP contribution in [0.5, 0.6) is 6.01 Å². The number of halogens is 1. The number of hydrogen-bond acceptors (Lipinski definition) is 13. The molecule has 7 heterocycles. The summed E-state index contributed by atoms with van der Waals surface area (Å²) in [6.45, 7) is 7.34. The number of carbonyl (C=O) groups is 4. The number of aromatic nitrogens is 3. The summed E-state index contributed by atoms with van der Waals surface area (Å²) in [5, 5.41) is 6.38. The lowest BCUT2D eigenvalue weighted by molar-refractivity contribution is -0.200. The van der Waals surface area contributed by atoms with Crippen LogP contribution in [0.15, 0.2) is 60.8 Å². The third-order valence-corrected chi connectivity index (χ3v) is 14.2. The van der Waals surface area contributed by atoms with Gasteiger partial charge in [0.1, 0.15) is 23.1 Å². The van der Waals surface area contributed by atoms with E-state index in [1.165, 1.54) is 4.90 Å². The van der Waals surface area contributed by atoms with Crippen molar-refractivity contribution in [2.45, 2.75) is 69.7 Å². The molecule has 3 amide bonds. The Bertz CT molecular complexity index is 2800. The van der Waals surface area contributed by atoms with E-state index in [1.54, 1.807) is 6.20 Å². The molecular weight excluding hydrogens is 830 g/mol. The summed E-state index contributed by atoms with van der Waals surface area (Å²) in [5.41, 5.74) is 4.05. The van der Waals surface area contributed by atoms with Crippen molar-refractivity contribution in [2.24, 2.45) is 5.41 Å². The number of hydroxylamine groups is 2. The van der Waals surface area contributed by atoms with Crippen LogP contribution in [0.1, 0.15) is 65.6 Å². The molecule has 16 heteroatoms. The molecule has 6 aliphatic rings. The molecule has 3 unspecified atom stereocenters. The highest BCUT2D eigenvalue weighted by Gasteiger charge is 2.46. The van der Waals surface area contributed by atoms with Gasteiger partial charge in [-0.2, -0.15) is 9.97 Å². The summed E-state index contributed by atoms with van der Waals surface area (Å²) in [7, 11) is 0. The summed E-state index contributed by atoms with van der Waals surface area (Å²) >= 11 is 0. The lowest BCUT2D eigenvalue weighted by Crippen LogP contribution is -2.54. The van der Waals surface area contributed by atoms with Crippen molar-refractivity contribution in [1.82, 2.24) is 40.0 Å². The lowest BCUT2D eigenvalue weighted by atomic mass is 9.97. The van der Waals surface area contributed by atoms with Gasteiger partial charge in [-0.05, 0) is 60.7 Å². The fourth-order valence-electron chi connectivity index (χ4n) is 10.7. The van der Waals surface area contributed by atoms with Crippen LogP contribution < -0.4 is 15.0 Å². The number of carbonyl (C=O) groups excluding carboxylic acids is 4. The van der Waals surface area contributed by atoms with Gasteiger partial charge in [-0.1, -0.05) is 48.4 Å². The summed E-state index contributed by atoms with van der Waals surface area (Å²) in [5.74, 6) is 1.30. The number of hydrogen-bond donors (Lipinski definition) is 1. The number of fused-ring (bicyclic) bond motifs is 5. The summed E-state index contributed by atoms with van der Waals surface area (Å²) in [6, 6.07) is 17.2. The second kappa shape index (κ2) is 16.5. The number of piperazine rings is 2. The van der Waals surface area contributed by atoms with Crippen molar-refractivity contribution in [3.05, 3.63) is 88.9 Å². The molecule has 1 N–H and O–H groups in total. The van der Waals surface area contributed by atoms with Gasteiger partial charge in [0, 0.05) is 111 Å². The Hall–Kier alpha value is -6.54. The maximum Gasteiger partial charge on any atom is 0.321 e. The zero-order valence-electron chi connectivity index (χ0n) is 35.9. The van der Waals surface area contributed by atoms with E-state index in [2.05, 4.69) is 30.8 Å². The standard InChI is InChI=1S/C49H48FN9O6/c1-2-31-5-3-6-32-7-4-8-37(41(31)32)43-42(50)44-38(22-51-43)45(57-25-34-10-11-35(26-57)52-34)54-48(53-44)64-28-49(15-16-49)27-56-19-17-55(18-20-56)23-30-9-12-36-33(21-30)24-58(46(36)62)39-13-14-40(61)59(47(39)63)65-29-60/h1,3-9,12,21-22,29,34-35,39,52H,10-11,13-20,23-28H2. The lowest BCUT2D eigenvalue weighted by Gasteiger charge is -2.36. The van der Waals surface area contributed by atoms with E-state index in [-0.39, 0.29) is 54.4 Å². The van der Waals surface area contributed by atoms with Gasteiger partial charge < -0.3 is 29.6 Å². The summed E-state index contributed by atoms with van der Waals surface area (Å²) in [4.78, 5) is 77.1. The van der Waals surface area contributed by atoms with Crippen LogP contribution in [0.4, 0.5) is 10.2 Å². The van der Waals surface area contributed by atoms with E-state index < -0.39 is 23.7 Å². The Kier molecular flexibility index (Phi) is 10.4. The molecule has 5 fully saturated rings. The number of pyridine rings is 1. The van der Waals surface area contributed by atoms with Crippen LogP contribution in [-0.4, -0.2) is 129 Å². The van der Waals surface area contributed by atoms with Crippen molar-refractivity contribution >= 4 is 51.7 Å². The molecule has 3 aromatic carbocycles. The maximum atomic E-state index is 17.0. The number of rotatable bonds is 12. The average Bonchev–Trinajstić information content (AvgIpc) is 3.90. The van der Waals surface area contributed by atoms with Crippen molar-refractivity contribution in [2.75, 3.05) is 57.3 Å². The highest BCUT2D eigenvalue weighted by atomic mass is 19.1. The molecule has 5 aliphatic heterocycles. The predicted molar refractivity (Wildman–Crippen MR) is 238 cm³/mol. The molecule has 1 aliphatic carbocycles. The fourth-order valence-corrected chi connectivity index (χ4v) is 10.7. The van der Waals surface area contributed by atoms with Gasteiger partial charge >= 0.3 is 12.5 Å². The second-order valence-corrected chi connectivity index (χ2v) is 18.5. The average molecular weight is 878 g/mol. The number of benzene rings is 3. The Morgan fingerprint density at radius 2 is 1.71 bits per heavy atom. The first-order valence-corrected chi connectivity index (χ1v) is 22.5. The molecule has 1 saturated carbocycles. The molecule has 15 nitrogen and oxygen atoms in total. The molecule has 332 valence electrons. The number of nitrogens with zero attached hydrogens (tertiary/aromatic N) is 8. The molecule has 0 radical (unpaired) electrons. The number of terminal acetylenes is 1. The number of amides is 3. The molecule has 5 aromatic rings. The van der Waals surface area contributed by atoms with Gasteiger partial charge in [0.15, 0.2) is 5.82 Å². The third kappa shape index (κ3) is 7.60. The molecule has 3 atom stereocenters. The Morgan fingerprint density at radius 3 is 2.46 bits per heavy atom. The van der Waals surface area contributed by atoms with E-state index in [4.69, 9.17) is 26.1 Å². The normalized spacial score (nSPS) is 23.0. The number of nitrogens with one attached hydrogen (secondary N) is 1. The van der Waals surface area contributed by atoms with Gasteiger partial charge in [-0.15, -0.1) is 11.5 Å². The Morgan fingerprint density at radius 1 is 0.938 bits per heavy atom. The minimum atomic E-state index is -0.881. The van der Waals surface area contributed by atoms with E-state index >= 15 is 4.39 Å². The van der Waals surface area contributed by atoms with Crippen molar-refractivity contribution in [1.29, 1.82) is 0 Å². The van der Waals surface area contributed by atoms with Gasteiger partial charge in [-0.3, -0.25) is 29.1 Å². The highest BCUT2D eigenvalue weighted by molar-refractivity contribution is 6.05. The van der Waals surface area contributed by atoms with Crippen LogP contribution in [0, 0.1) is 23.6 Å². The molecule has 11 rings (SSSR count). The van der Waals surface area contributed by atoms with Crippen LogP contribution in [0.25, 0.3) is 32.9 Å². The topological polar surface area (TPSA) is 154 Å². The quantitative estimate of drug-likeness (QED) is 0.107. The van der Waals surface area contributed by atoms with E-state index in [9.17, 15) is 19.2 Å². The van der Waals surface area contributed by atoms with Gasteiger partial charge in [0.2, 0.25) is 0 Å². The molecule has 2 aromatic heterocycles. The van der Waals surface area contributed by atoms with E-state index in [0.29, 0.717) is 51.6 Å². The van der Waals surface area contributed by atoms with Crippen LogP contribution in [0.2, 0.25) is 0 Å². The zero-order valence-corrected chi connectivity index (χ0v) is 35.9. The van der Waals surface area contributed by atoms with Gasteiger partial charge in [-0.25, -0.2) is 4.39 Å². The SMILES string of the molecule is C#Cc1cccc2cccc(-c3ncc4c(N5CC6CCC(C5)N6)nc(OCC5(CN6CCN(Cc7ccc8c(c7)CN(C7CCC(=O)N(OC=O)C7=O)C8=O)CC6)CC5)nc4c3F)c12. The minimum absolute atomic E-state index is 0.00347. The van der Waals surface area contributed by atoms with E-state index in [0.717, 1.165) is 99.9 Å². The van der Waals surface area contributed by atoms with Crippen LogP contribution in [0.3, 0.4) is 0 Å². The van der Waals surface area contributed by atoms with Gasteiger partial charge in [0.05, 0.1) is 12.0 Å². The van der Waals surface area contributed by atoms with Crippen molar-refractivity contribution < 1.29 is 33.1 Å². The Labute approximate surface area is 374 Å². The number of anilines is 1. The van der Waals surface area contributed by atoms with Crippen LogP contribution in [-0.2, 0) is 32.3 Å². The predicted octanol–water partition coefficient (Wildman–Crippen LogP) is 4.44. The minimum Gasteiger partial charge on any atom is -0.463 e. The first kappa shape index (κ1) is 41.2. The van der Waals surface area contributed by atoms with Crippen molar-refractivity contribution in [3.63, 3.8) is 0 Å². The third-order valence-electron chi connectivity index (χ3n) is 14.2. The second-order valence-electron chi connectivity index (χ2n) is 18.5. The molecule has 65 heavy (non-hydrogen) atoms. The van der Waals surface area contributed by atoms with Crippen LogP contribution >= 0.6 is 0 Å². The molecule has 4 saturated heterocycles. The summed E-state index contributed by atoms with van der Waals surface area (Å²) in [6.07, 6.45) is 12.0. The van der Waals surface area contributed by atoms with Gasteiger partial charge in [0.25, 0.3) is 17.7 Å². The monoisotopic (exact) mass is 877 g/mol. The first-order valence-electron chi connectivity index (χ1n) is 22.5. The first-order chi connectivity index (χ1) is 31.7. The number of ether oxygens (including phenoxy) is 1. The maximum absolute atomic E-state index is 17.0. The highest BCUT2D eigenvalue weighted by Crippen LogP contribution is 2.47. The summed E-state index contributed by atoms with van der Waals surface area (Å²) < 4.78 is 23.6. The Balaban J connectivity index is 0.762. The molecule has 0 spiro atoms. The fraction of sp³-hybridized carbons (Fsp3) is 0.408. The van der Waals surface area contributed by atoms with Crippen molar-refractivity contribution in [3.8, 4) is 29.6 Å². The molecule has 2 bridgehead atoms. The smallest absolute Gasteiger partial charge is 0.321 e.